The van der Waals surface area contributed by atoms with Crippen LogP contribution in [0.4, 0.5) is 5.69 Å². The average Bonchev–Trinajstić information content (AvgIpc) is 2.61. The van der Waals surface area contributed by atoms with Gasteiger partial charge in [0.1, 0.15) is 0 Å². The van der Waals surface area contributed by atoms with Gasteiger partial charge in [-0.3, -0.25) is 14.4 Å². The quantitative estimate of drug-likeness (QED) is 0.540. The molecule has 2 aromatic carbocycles. The molecule has 0 fully saturated rings. The van der Waals surface area contributed by atoms with E-state index in [4.69, 9.17) is 4.74 Å². The summed E-state index contributed by atoms with van der Waals surface area (Å²) in [5.41, 5.74) is 3.18. The van der Waals surface area contributed by atoms with Crippen molar-refractivity contribution in [2.45, 2.75) is 26.7 Å². The molecule has 0 aliphatic rings. The maximum atomic E-state index is 12.0. The fourth-order valence-corrected chi connectivity index (χ4v) is 2.54. The Balaban J connectivity index is 1.75. The third-order valence-corrected chi connectivity index (χ3v) is 4.28. The van der Waals surface area contributed by atoms with E-state index < -0.39 is 11.9 Å². The van der Waals surface area contributed by atoms with Crippen molar-refractivity contribution in [3.05, 3.63) is 63.6 Å². The molecule has 26 heavy (non-hydrogen) atoms. The number of Topliss-reactive ketones (excluding diaryl/α,β-unsaturated/α-hetero) is 1. The molecule has 0 radical (unpaired) electrons. The standard InChI is InChI=1S/C20H20BrNO4/c1-13-3-4-14(2)17(11-13)22-19(24)12-26-20(25)10-9-18(23)15-5-7-16(21)8-6-15/h3-8,11H,9-10,12H2,1-2H3,(H,22,24). The lowest BCUT2D eigenvalue weighted by Gasteiger charge is -2.10. The van der Waals surface area contributed by atoms with Gasteiger partial charge in [0.25, 0.3) is 5.91 Å². The molecule has 6 heteroatoms. The smallest absolute Gasteiger partial charge is 0.306 e. The fraction of sp³-hybridized carbons (Fsp3) is 0.250. The van der Waals surface area contributed by atoms with E-state index >= 15 is 0 Å². The molecule has 0 aliphatic carbocycles. The number of benzene rings is 2. The summed E-state index contributed by atoms with van der Waals surface area (Å²) < 4.78 is 5.82. The molecule has 0 aliphatic heterocycles. The number of anilines is 1. The summed E-state index contributed by atoms with van der Waals surface area (Å²) in [6.45, 7) is 3.44. The molecule has 5 nitrogen and oxygen atoms in total. The summed E-state index contributed by atoms with van der Waals surface area (Å²) in [5, 5.41) is 2.71. The third kappa shape index (κ3) is 6.11. The summed E-state index contributed by atoms with van der Waals surface area (Å²) in [4.78, 5) is 35.7. The summed E-state index contributed by atoms with van der Waals surface area (Å²) in [6.07, 6.45) is -0.0231. The largest absolute Gasteiger partial charge is 0.456 e. The van der Waals surface area contributed by atoms with Crippen LogP contribution in [0.25, 0.3) is 0 Å². The minimum Gasteiger partial charge on any atom is -0.456 e. The lowest BCUT2D eigenvalue weighted by molar-refractivity contribution is -0.147. The number of carbonyl (C=O) groups excluding carboxylic acids is 3. The third-order valence-electron chi connectivity index (χ3n) is 3.75. The Morgan fingerprint density at radius 2 is 1.69 bits per heavy atom. The van der Waals surface area contributed by atoms with Gasteiger partial charge < -0.3 is 10.1 Å². The van der Waals surface area contributed by atoms with E-state index in [-0.39, 0.29) is 25.2 Å². The van der Waals surface area contributed by atoms with Crippen LogP contribution in [-0.2, 0) is 14.3 Å². The fourth-order valence-electron chi connectivity index (χ4n) is 2.27. The molecule has 0 saturated carbocycles. The first-order valence-electron chi connectivity index (χ1n) is 8.16. The highest BCUT2D eigenvalue weighted by atomic mass is 79.9. The monoisotopic (exact) mass is 417 g/mol. The number of esters is 1. The Bertz CT molecular complexity index is 815. The predicted octanol–water partition coefficient (Wildman–Crippen LogP) is 4.21. The van der Waals surface area contributed by atoms with E-state index in [9.17, 15) is 14.4 Å². The van der Waals surface area contributed by atoms with Gasteiger partial charge in [0, 0.05) is 22.1 Å². The number of hydrogen-bond donors (Lipinski definition) is 1. The molecule has 0 spiro atoms. The van der Waals surface area contributed by atoms with Crippen molar-refractivity contribution in [2.75, 3.05) is 11.9 Å². The van der Waals surface area contributed by atoms with Crippen molar-refractivity contribution < 1.29 is 19.1 Å². The lowest BCUT2D eigenvalue weighted by Crippen LogP contribution is -2.21. The molecule has 0 atom stereocenters. The van der Waals surface area contributed by atoms with Crippen LogP contribution in [0.15, 0.2) is 46.9 Å². The topological polar surface area (TPSA) is 72.5 Å². The molecule has 2 rings (SSSR count). The van der Waals surface area contributed by atoms with Gasteiger partial charge in [0.2, 0.25) is 0 Å². The predicted molar refractivity (Wildman–Crippen MR) is 103 cm³/mol. The molecule has 0 unspecified atom stereocenters. The van der Waals surface area contributed by atoms with Gasteiger partial charge in [0.05, 0.1) is 6.42 Å². The van der Waals surface area contributed by atoms with Crippen molar-refractivity contribution in [1.29, 1.82) is 0 Å². The minimum absolute atomic E-state index is 0.0407. The van der Waals surface area contributed by atoms with Crippen molar-refractivity contribution in [3.8, 4) is 0 Å². The summed E-state index contributed by atoms with van der Waals surface area (Å²) in [5.74, 6) is -1.13. The Kier molecular flexibility index (Phi) is 7.09. The van der Waals surface area contributed by atoms with Crippen LogP contribution in [0.2, 0.25) is 0 Å². The zero-order chi connectivity index (χ0) is 19.1. The van der Waals surface area contributed by atoms with E-state index in [1.165, 1.54) is 0 Å². The molecular weight excluding hydrogens is 398 g/mol. The molecule has 0 saturated heterocycles. The number of ether oxygens (including phenoxy) is 1. The highest BCUT2D eigenvalue weighted by Gasteiger charge is 2.12. The zero-order valence-electron chi connectivity index (χ0n) is 14.7. The Morgan fingerprint density at radius 3 is 2.38 bits per heavy atom. The van der Waals surface area contributed by atoms with Crippen LogP contribution < -0.4 is 5.32 Å². The lowest BCUT2D eigenvalue weighted by atomic mass is 10.1. The second-order valence-corrected chi connectivity index (χ2v) is 6.87. The van der Waals surface area contributed by atoms with Crippen molar-refractivity contribution in [1.82, 2.24) is 0 Å². The molecule has 1 N–H and O–H groups in total. The zero-order valence-corrected chi connectivity index (χ0v) is 16.3. The van der Waals surface area contributed by atoms with Crippen molar-refractivity contribution in [2.24, 2.45) is 0 Å². The number of rotatable bonds is 7. The minimum atomic E-state index is -0.577. The number of aryl methyl sites for hydroxylation is 2. The molecule has 2 aromatic rings. The van der Waals surface area contributed by atoms with Gasteiger partial charge in [-0.25, -0.2) is 0 Å². The SMILES string of the molecule is Cc1ccc(C)c(NC(=O)COC(=O)CCC(=O)c2ccc(Br)cc2)c1. The normalized spacial score (nSPS) is 10.3. The van der Waals surface area contributed by atoms with Gasteiger partial charge in [-0.2, -0.15) is 0 Å². The highest BCUT2D eigenvalue weighted by molar-refractivity contribution is 9.10. The van der Waals surface area contributed by atoms with E-state index in [0.717, 1.165) is 15.6 Å². The number of ketones is 1. The van der Waals surface area contributed by atoms with Crippen LogP contribution in [0, 0.1) is 13.8 Å². The summed E-state index contributed by atoms with van der Waals surface area (Å²) in [7, 11) is 0. The Labute approximate surface area is 160 Å². The van der Waals surface area contributed by atoms with Crippen molar-refractivity contribution >= 4 is 39.3 Å². The molecule has 0 bridgehead atoms. The van der Waals surface area contributed by atoms with Gasteiger partial charge in [0.15, 0.2) is 12.4 Å². The maximum Gasteiger partial charge on any atom is 0.306 e. The first-order valence-corrected chi connectivity index (χ1v) is 8.96. The van der Waals surface area contributed by atoms with Crippen LogP contribution in [-0.4, -0.2) is 24.3 Å². The number of nitrogens with one attached hydrogen (secondary N) is 1. The number of hydrogen-bond acceptors (Lipinski definition) is 4. The van der Waals surface area contributed by atoms with E-state index in [0.29, 0.717) is 11.3 Å². The van der Waals surface area contributed by atoms with Gasteiger partial charge in [-0.1, -0.05) is 40.2 Å². The molecule has 1 amide bonds. The van der Waals surface area contributed by atoms with Crippen LogP contribution in [0.1, 0.15) is 34.3 Å². The van der Waals surface area contributed by atoms with Crippen LogP contribution >= 0.6 is 15.9 Å². The second-order valence-electron chi connectivity index (χ2n) is 5.96. The Morgan fingerprint density at radius 1 is 1.00 bits per heavy atom. The maximum absolute atomic E-state index is 12.0. The van der Waals surface area contributed by atoms with Crippen molar-refractivity contribution in [3.63, 3.8) is 0 Å². The summed E-state index contributed by atoms with van der Waals surface area (Å²) in [6, 6.07) is 12.6. The molecule has 136 valence electrons. The number of carbonyl (C=O) groups is 3. The first-order chi connectivity index (χ1) is 12.3. The first kappa shape index (κ1) is 19.8. The summed E-state index contributed by atoms with van der Waals surface area (Å²) >= 11 is 3.30. The number of halogens is 1. The van der Waals surface area contributed by atoms with E-state index in [1.807, 2.05) is 32.0 Å². The molecule has 0 heterocycles. The number of amides is 1. The van der Waals surface area contributed by atoms with Crippen LogP contribution in [0.5, 0.6) is 0 Å². The molecule has 0 aromatic heterocycles. The van der Waals surface area contributed by atoms with E-state index in [1.54, 1.807) is 24.3 Å². The average molecular weight is 418 g/mol. The van der Waals surface area contributed by atoms with Gasteiger partial charge >= 0.3 is 5.97 Å². The second kappa shape index (κ2) is 9.29. The van der Waals surface area contributed by atoms with Crippen LogP contribution in [0.3, 0.4) is 0 Å². The molecular formula is C20H20BrNO4. The van der Waals surface area contributed by atoms with E-state index in [2.05, 4.69) is 21.2 Å². The van der Waals surface area contributed by atoms with Gasteiger partial charge in [-0.15, -0.1) is 0 Å². The highest BCUT2D eigenvalue weighted by Crippen LogP contribution is 2.16. The van der Waals surface area contributed by atoms with Gasteiger partial charge in [-0.05, 0) is 43.2 Å². The Hall–Kier alpha value is -2.47.